The van der Waals surface area contributed by atoms with E-state index in [0.29, 0.717) is 10.8 Å². The molecule has 2 spiro atoms. The van der Waals surface area contributed by atoms with Gasteiger partial charge in [0.05, 0.1) is 0 Å². The van der Waals surface area contributed by atoms with Crippen molar-refractivity contribution in [2.24, 2.45) is 22.7 Å². The van der Waals surface area contributed by atoms with Crippen LogP contribution in [0.1, 0.15) is 32.1 Å². The van der Waals surface area contributed by atoms with E-state index in [-0.39, 0.29) is 0 Å². The van der Waals surface area contributed by atoms with Crippen LogP contribution in [0.15, 0.2) is 24.3 Å². The fourth-order valence-electron chi connectivity index (χ4n) is 4.70. The second-order valence-corrected chi connectivity index (χ2v) is 5.41. The molecule has 0 amide bonds. The molecule has 0 aromatic rings. The first-order chi connectivity index (χ1) is 6.39. The van der Waals surface area contributed by atoms with Crippen LogP contribution < -0.4 is 0 Å². The average molecular weight is 172 g/mol. The van der Waals surface area contributed by atoms with E-state index in [1.165, 1.54) is 32.1 Å². The monoisotopic (exact) mass is 172 g/mol. The Balaban J connectivity index is 1.87. The van der Waals surface area contributed by atoms with Crippen LogP contribution in [-0.2, 0) is 0 Å². The van der Waals surface area contributed by atoms with Crippen molar-refractivity contribution < 1.29 is 0 Å². The fourth-order valence-corrected chi connectivity index (χ4v) is 4.70. The SMILES string of the molecule is C1=CC23CCCCCC24C=CC1C34. The molecule has 2 saturated carbocycles. The molecule has 13 heavy (non-hydrogen) atoms. The van der Waals surface area contributed by atoms with E-state index >= 15 is 0 Å². The smallest absolute Gasteiger partial charge is 0.00216 e. The molecule has 0 heterocycles. The second-order valence-electron chi connectivity index (χ2n) is 5.41. The maximum absolute atomic E-state index is 2.58. The summed E-state index contributed by atoms with van der Waals surface area (Å²) >= 11 is 0. The molecule has 2 unspecified atom stereocenters. The molecular weight excluding hydrogens is 156 g/mol. The molecule has 4 rings (SSSR count). The Hall–Kier alpha value is -0.520. The molecule has 2 atom stereocenters. The van der Waals surface area contributed by atoms with Gasteiger partial charge >= 0.3 is 0 Å². The summed E-state index contributed by atoms with van der Waals surface area (Å²) < 4.78 is 0. The number of hydrogen-bond acceptors (Lipinski definition) is 0. The first-order valence-electron chi connectivity index (χ1n) is 5.78. The van der Waals surface area contributed by atoms with Gasteiger partial charge in [0.25, 0.3) is 0 Å². The van der Waals surface area contributed by atoms with Crippen molar-refractivity contribution in [2.75, 3.05) is 0 Å². The Morgan fingerprint density at radius 1 is 0.846 bits per heavy atom. The molecule has 0 bridgehead atoms. The van der Waals surface area contributed by atoms with E-state index in [2.05, 4.69) is 24.3 Å². The number of allylic oxidation sites excluding steroid dienone is 4. The zero-order chi connectivity index (χ0) is 8.52. The van der Waals surface area contributed by atoms with Gasteiger partial charge in [0, 0.05) is 10.8 Å². The number of hydrogen-bond donors (Lipinski definition) is 0. The summed E-state index contributed by atoms with van der Waals surface area (Å²) in [6.45, 7) is 0. The lowest BCUT2D eigenvalue weighted by atomic mass is 9.88. The van der Waals surface area contributed by atoms with Crippen LogP contribution in [0.2, 0.25) is 0 Å². The molecule has 0 aromatic heterocycles. The molecule has 4 aliphatic carbocycles. The fraction of sp³-hybridized carbons (Fsp3) is 0.692. The van der Waals surface area contributed by atoms with Crippen molar-refractivity contribution in [1.29, 1.82) is 0 Å². The van der Waals surface area contributed by atoms with E-state index in [1.54, 1.807) is 0 Å². The third-order valence-electron chi connectivity index (χ3n) is 5.19. The highest BCUT2D eigenvalue weighted by Crippen LogP contribution is 2.83. The summed E-state index contributed by atoms with van der Waals surface area (Å²) in [5, 5.41) is 0. The summed E-state index contributed by atoms with van der Waals surface area (Å²) in [5.41, 5.74) is 1.34. The van der Waals surface area contributed by atoms with Crippen molar-refractivity contribution >= 4 is 0 Å². The summed E-state index contributed by atoms with van der Waals surface area (Å²) in [5.74, 6) is 1.85. The second kappa shape index (κ2) is 1.80. The minimum absolute atomic E-state index is 0.670. The molecule has 0 aromatic carbocycles. The van der Waals surface area contributed by atoms with E-state index in [9.17, 15) is 0 Å². The highest BCUT2D eigenvalue weighted by atomic mass is 14.8. The van der Waals surface area contributed by atoms with Crippen molar-refractivity contribution in [2.45, 2.75) is 32.1 Å². The lowest BCUT2D eigenvalue weighted by Gasteiger charge is -2.15. The Bertz CT molecular complexity index is 295. The molecule has 0 radical (unpaired) electrons. The van der Waals surface area contributed by atoms with Crippen LogP contribution in [0.3, 0.4) is 0 Å². The summed E-state index contributed by atoms with van der Waals surface area (Å²) in [4.78, 5) is 0. The van der Waals surface area contributed by atoms with Crippen molar-refractivity contribution in [3.8, 4) is 0 Å². The topological polar surface area (TPSA) is 0 Å². The molecule has 0 heteroatoms. The Labute approximate surface area is 79.7 Å². The van der Waals surface area contributed by atoms with Crippen LogP contribution >= 0.6 is 0 Å². The lowest BCUT2D eigenvalue weighted by Crippen LogP contribution is -2.07. The van der Waals surface area contributed by atoms with Crippen LogP contribution in [0, 0.1) is 22.7 Å². The average Bonchev–Trinajstić information content (AvgIpc) is 2.37. The van der Waals surface area contributed by atoms with Crippen LogP contribution in [0.5, 0.6) is 0 Å². The summed E-state index contributed by atoms with van der Waals surface area (Å²) in [6.07, 6.45) is 17.5. The largest absolute Gasteiger partial charge is 0.0807 e. The first-order valence-corrected chi connectivity index (χ1v) is 5.78. The van der Waals surface area contributed by atoms with Gasteiger partial charge in [-0.1, -0.05) is 43.6 Å². The van der Waals surface area contributed by atoms with Gasteiger partial charge in [-0.05, 0) is 24.7 Å². The maximum Gasteiger partial charge on any atom is 0.00216 e. The van der Waals surface area contributed by atoms with Gasteiger partial charge in [0.15, 0.2) is 0 Å². The summed E-state index contributed by atoms with van der Waals surface area (Å²) in [7, 11) is 0. The quantitative estimate of drug-likeness (QED) is 0.492. The van der Waals surface area contributed by atoms with Crippen LogP contribution in [0.4, 0.5) is 0 Å². The predicted molar refractivity (Wildman–Crippen MR) is 53.2 cm³/mol. The van der Waals surface area contributed by atoms with E-state index < -0.39 is 0 Å². The third-order valence-corrected chi connectivity index (χ3v) is 5.19. The molecule has 68 valence electrons. The van der Waals surface area contributed by atoms with Gasteiger partial charge in [0.1, 0.15) is 0 Å². The highest BCUT2D eigenvalue weighted by molar-refractivity contribution is 5.47. The predicted octanol–water partition coefficient (Wildman–Crippen LogP) is 3.31. The highest BCUT2D eigenvalue weighted by Gasteiger charge is 2.77. The van der Waals surface area contributed by atoms with E-state index in [4.69, 9.17) is 0 Å². The van der Waals surface area contributed by atoms with E-state index in [0.717, 1.165) is 11.8 Å². The molecule has 0 nitrogen and oxygen atoms in total. The Kier molecular flexibility index (Phi) is 0.949. The van der Waals surface area contributed by atoms with E-state index in [1.807, 2.05) is 0 Å². The van der Waals surface area contributed by atoms with Gasteiger partial charge < -0.3 is 0 Å². The Morgan fingerprint density at radius 2 is 1.46 bits per heavy atom. The molecule has 4 aliphatic rings. The van der Waals surface area contributed by atoms with Gasteiger partial charge in [0.2, 0.25) is 0 Å². The van der Waals surface area contributed by atoms with Crippen molar-refractivity contribution in [3.63, 3.8) is 0 Å². The van der Waals surface area contributed by atoms with Gasteiger partial charge in [-0.15, -0.1) is 0 Å². The minimum Gasteiger partial charge on any atom is -0.0807 e. The number of rotatable bonds is 0. The zero-order valence-electron chi connectivity index (χ0n) is 8.00. The lowest BCUT2D eigenvalue weighted by molar-refractivity contribution is 0.451. The zero-order valence-corrected chi connectivity index (χ0v) is 8.00. The normalized spacial score (nSPS) is 60.3. The molecular formula is C13H16. The Morgan fingerprint density at radius 3 is 2.08 bits per heavy atom. The summed E-state index contributed by atoms with van der Waals surface area (Å²) in [6, 6.07) is 0. The van der Waals surface area contributed by atoms with Crippen molar-refractivity contribution in [1.82, 2.24) is 0 Å². The first kappa shape index (κ1) is 6.86. The van der Waals surface area contributed by atoms with Gasteiger partial charge in [-0.2, -0.15) is 0 Å². The van der Waals surface area contributed by atoms with Crippen molar-refractivity contribution in [3.05, 3.63) is 24.3 Å². The van der Waals surface area contributed by atoms with Crippen LogP contribution in [-0.4, -0.2) is 0 Å². The molecule has 2 fully saturated rings. The van der Waals surface area contributed by atoms with Gasteiger partial charge in [-0.25, -0.2) is 0 Å². The van der Waals surface area contributed by atoms with Crippen LogP contribution in [0.25, 0.3) is 0 Å². The van der Waals surface area contributed by atoms with Gasteiger partial charge in [-0.3, -0.25) is 0 Å². The minimum atomic E-state index is 0.670. The molecule has 0 N–H and O–H groups in total. The molecule has 0 aliphatic heterocycles. The maximum atomic E-state index is 2.58. The standard InChI is InChI=1S/C13H16/c1-2-6-12-8-4-10-5-9-13(12,7-3-1)11(10)12/h4-5,8-11H,1-3,6-7H2. The molecule has 0 saturated heterocycles. The third kappa shape index (κ3) is 0.521.